The van der Waals surface area contributed by atoms with Crippen LogP contribution >= 0.6 is 0 Å². The highest BCUT2D eigenvalue weighted by Gasteiger charge is 2.29. The number of benzene rings is 1. The van der Waals surface area contributed by atoms with E-state index in [0.717, 1.165) is 6.07 Å². The van der Waals surface area contributed by atoms with E-state index in [4.69, 9.17) is 0 Å². The number of nitrogens with one attached hydrogen (secondary N) is 1. The van der Waals surface area contributed by atoms with Gasteiger partial charge in [0.25, 0.3) is 5.69 Å². The number of nitro benzene ring substituents is 1. The molecule has 3 aromatic rings. The summed E-state index contributed by atoms with van der Waals surface area (Å²) in [7, 11) is -1.87. The zero-order chi connectivity index (χ0) is 21.3. The molecule has 4 rings (SSSR count). The number of piperazine rings is 1. The van der Waals surface area contributed by atoms with Gasteiger partial charge in [-0.15, -0.1) is 10.2 Å². The van der Waals surface area contributed by atoms with Crippen LogP contribution in [0.1, 0.15) is 5.82 Å². The normalized spacial score (nSPS) is 16.0. The summed E-state index contributed by atoms with van der Waals surface area (Å²) >= 11 is 0. The maximum atomic E-state index is 12.9. The highest BCUT2D eigenvalue weighted by molar-refractivity contribution is 7.89. The highest BCUT2D eigenvalue weighted by Crippen LogP contribution is 2.29. The van der Waals surface area contributed by atoms with Crippen LogP contribution in [0.5, 0.6) is 0 Å². The Kier molecular flexibility index (Phi) is 5.37. The van der Waals surface area contributed by atoms with Crippen LogP contribution < -0.4 is 5.32 Å². The summed E-state index contributed by atoms with van der Waals surface area (Å²) in [6.07, 6.45) is 1.80. The second-order valence-corrected chi connectivity index (χ2v) is 8.98. The number of rotatable bonds is 6. The molecular formula is C18H21N7O4S. The fourth-order valence-electron chi connectivity index (χ4n) is 3.34. The number of sulfonamides is 1. The number of hydrogen-bond acceptors (Lipinski definition) is 8. The van der Waals surface area contributed by atoms with Gasteiger partial charge in [0.05, 0.1) is 16.4 Å². The largest absolute Gasteiger partial charge is 0.372 e. The molecule has 158 valence electrons. The monoisotopic (exact) mass is 431 g/mol. The van der Waals surface area contributed by atoms with E-state index in [1.807, 2.05) is 24.1 Å². The lowest BCUT2D eigenvalue weighted by Gasteiger charge is -2.31. The summed E-state index contributed by atoms with van der Waals surface area (Å²) in [6, 6.07) is 9.40. The number of fused-ring (bicyclic) bond motifs is 1. The molecule has 1 saturated heterocycles. The second-order valence-electron chi connectivity index (χ2n) is 7.04. The molecule has 1 fully saturated rings. The van der Waals surface area contributed by atoms with Crippen LogP contribution in [0.2, 0.25) is 0 Å². The molecule has 1 aliphatic heterocycles. The van der Waals surface area contributed by atoms with E-state index in [1.165, 1.54) is 16.4 Å². The summed E-state index contributed by atoms with van der Waals surface area (Å²) in [6.45, 7) is 2.14. The molecule has 12 heteroatoms. The molecule has 30 heavy (non-hydrogen) atoms. The van der Waals surface area contributed by atoms with Crippen LogP contribution in [0.25, 0.3) is 5.65 Å². The van der Waals surface area contributed by atoms with Crippen molar-refractivity contribution in [3.8, 4) is 0 Å². The number of anilines is 1. The van der Waals surface area contributed by atoms with Crippen LogP contribution in [-0.4, -0.2) is 70.4 Å². The van der Waals surface area contributed by atoms with E-state index in [-0.39, 0.29) is 22.8 Å². The summed E-state index contributed by atoms with van der Waals surface area (Å²) < 4.78 is 29.0. The average Bonchev–Trinajstić information content (AvgIpc) is 3.15. The third-order valence-electron chi connectivity index (χ3n) is 5.09. The topological polar surface area (TPSA) is 126 Å². The van der Waals surface area contributed by atoms with E-state index >= 15 is 0 Å². The van der Waals surface area contributed by atoms with Crippen LogP contribution in [0.15, 0.2) is 47.5 Å². The van der Waals surface area contributed by atoms with Crippen molar-refractivity contribution in [3.05, 3.63) is 58.5 Å². The Balaban J connectivity index is 1.58. The molecule has 11 nitrogen and oxygen atoms in total. The molecule has 0 unspecified atom stereocenters. The third kappa shape index (κ3) is 3.84. The van der Waals surface area contributed by atoms with Gasteiger partial charge in [-0.3, -0.25) is 14.5 Å². The molecule has 3 heterocycles. The SMILES string of the molecule is CN1CCN(S(=O)(=O)c2ccc(NCc3nnc4ccccn34)c([N+](=O)[O-])c2)CC1. The molecule has 0 radical (unpaired) electrons. The van der Waals surface area contributed by atoms with Gasteiger partial charge in [-0.1, -0.05) is 6.07 Å². The number of hydrogen-bond donors (Lipinski definition) is 1. The average molecular weight is 431 g/mol. The van der Waals surface area contributed by atoms with E-state index in [0.29, 0.717) is 37.7 Å². The van der Waals surface area contributed by atoms with E-state index in [1.54, 1.807) is 16.7 Å². The molecule has 1 N–H and O–H groups in total. The molecule has 0 amide bonds. The Morgan fingerprint density at radius 3 is 2.63 bits per heavy atom. The van der Waals surface area contributed by atoms with Gasteiger partial charge in [-0.05, 0) is 31.3 Å². The molecule has 0 saturated carbocycles. The zero-order valence-corrected chi connectivity index (χ0v) is 17.1. The first kappa shape index (κ1) is 20.2. The zero-order valence-electron chi connectivity index (χ0n) is 16.3. The van der Waals surface area contributed by atoms with Gasteiger partial charge in [0.15, 0.2) is 11.5 Å². The van der Waals surface area contributed by atoms with Crippen molar-refractivity contribution in [2.45, 2.75) is 11.4 Å². The Hall–Kier alpha value is -3.09. The van der Waals surface area contributed by atoms with Crippen LogP contribution in [0.3, 0.4) is 0 Å². The van der Waals surface area contributed by atoms with Crippen LogP contribution in [0, 0.1) is 10.1 Å². The Labute approximate surface area is 173 Å². The highest BCUT2D eigenvalue weighted by atomic mass is 32.2. The lowest BCUT2D eigenvalue weighted by Crippen LogP contribution is -2.47. The lowest BCUT2D eigenvalue weighted by molar-refractivity contribution is -0.384. The van der Waals surface area contributed by atoms with Gasteiger partial charge < -0.3 is 10.2 Å². The fourth-order valence-corrected chi connectivity index (χ4v) is 4.78. The van der Waals surface area contributed by atoms with Crippen molar-refractivity contribution in [1.82, 2.24) is 23.8 Å². The van der Waals surface area contributed by atoms with Gasteiger partial charge in [0, 0.05) is 38.4 Å². The number of nitrogens with zero attached hydrogens (tertiary/aromatic N) is 6. The van der Waals surface area contributed by atoms with Crippen molar-refractivity contribution in [2.75, 3.05) is 38.5 Å². The number of pyridine rings is 1. The molecule has 1 aliphatic rings. The summed E-state index contributed by atoms with van der Waals surface area (Å²) in [5.74, 6) is 0.578. The van der Waals surface area contributed by atoms with Gasteiger partial charge in [0.2, 0.25) is 10.0 Å². The summed E-state index contributed by atoms with van der Waals surface area (Å²) in [5.41, 5.74) is 0.571. The van der Waals surface area contributed by atoms with Crippen molar-refractivity contribution in [3.63, 3.8) is 0 Å². The summed E-state index contributed by atoms with van der Waals surface area (Å²) in [4.78, 5) is 13.0. The van der Waals surface area contributed by atoms with Gasteiger partial charge in [0.1, 0.15) is 5.69 Å². The van der Waals surface area contributed by atoms with Crippen molar-refractivity contribution in [2.24, 2.45) is 0 Å². The van der Waals surface area contributed by atoms with Crippen molar-refractivity contribution in [1.29, 1.82) is 0 Å². The first-order chi connectivity index (χ1) is 14.4. The minimum Gasteiger partial charge on any atom is -0.372 e. The van der Waals surface area contributed by atoms with Crippen molar-refractivity contribution >= 4 is 27.0 Å². The third-order valence-corrected chi connectivity index (χ3v) is 6.98. The minimum absolute atomic E-state index is 0.0859. The van der Waals surface area contributed by atoms with E-state index < -0.39 is 14.9 Å². The quantitative estimate of drug-likeness (QED) is 0.456. The Morgan fingerprint density at radius 1 is 1.13 bits per heavy atom. The van der Waals surface area contributed by atoms with Crippen LogP contribution in [-0.2, 0) is 16.6 Å². The standard InChI is InChI=1S/C18H21N7O4S/c1-22-8-10-23(11-9-22)30(28,29)14-5-6-15(16(12-14)25(26)27)19-13-18-21-20-17-4-2-3-7-24(17)18/h2-7,12,19H,8-11,13H2,1H3. The first-order valence-electron chi connectivity index (χ1n) is 9.36. The number of aromatic nitrogens is 3. The Bertz CT molecular complexity index is 1190. The van der Waals surface area contributed by atoms with E-state index in [2.05, 4.69) is 15.5 Å². The predicted molar refractivity (Wildman–Crippen MR) is 110 cm³/mol. The van der Waals surface area contributed by atoms with E-state index in [9.17, 15) is 18.5 Å². The molecule has 0 aliphatic carbocycles. The number of nitro groups is 1. The predicted octanol–water partition coefficient (Wildman–Crippen LogP) is 1.19. The van der Waals surface area contributed by atoms with Gasteiger partial charge in [-0.2, -0.15) is 4.31 Å². The summed E-state index contributed by atoms with van der Waals surface area (Å²) in [5, 5.41) is 22.7. The maximum absolute atomic E-state index is 12.9. The van der Waals surface area contributed by atoms with Crippen molar-refractivity contribution < 1.29 is 13.3 Å². The molecule has 0 bridgehead atoms. The smallest absolute Gasteiger partial charge is 0.293 e. The molecule has 2 aromatic heterocycles. The first-order valence-corrected chi connectivity index (χ1v) is 10.8. The van der Waals surface area contributed by atoms with Gasteiger partial charge in [-0.25, -0.2) is 8.42 Å². The second kappa shape index (κ2) is 7.97. The number of likely N-dealkylation sites (N-methyl/N-ethyl adjacent to an activating group) is 1. The minimum atomic E-state index is -3.80. The molecule has 0 atom stereocenters. The maximum Gasteiger partial charge on any atom is 0.293 e. The lowest BCUT2D eigenvalue weighted by atomic mass is 10.2. The van der Waals surface area contributed by atoms with Gasteiger partial charge >= 0.3 is 0 Å². The molecular weight excluding hydrogens is 410 g/mol. The molecule has 1 aromatic carbocycles. The fraction of sp³-hybridized carbons (Fsp3) is 0.333. The molecule has 0 spiro atoms. The van der Waals surface area contributed by atoms with Crippen LogP contribution in [0.4, 0.5) is 11.4 Å². The Morgan fingerprint density at radius 2 is 1.90 bits per heavy atom.